The van der Waals surface area contributed by atoms with Gasteiger partial charge >= 0.3 is 11.9 Å². The molecule has 8 nitrogen and oxygen atoms in total. The molecule has 0 saturated carbocycles. The molecule has 0 aromatic heterocycles. The molecule has 0 unspecified atom stereocenters. The van der Waals surface area contributed by atoms with Crippen LogP contribution in [0.3, 0.4) is 0 Å². The van der Waals surface area contributed by atoms with Gasteiger partial charge in [-0.2, -0.15) is 0 Å². The number of ether oxygens (including phenoxy) is 4. The number of aliphatic hydroxyl groups is 2. The summed E-state index contributed by atoms with van der Waals surface area (Å²) in [6.07, 6.45) is 1.03. The maximum Gasteiger partial charge on any atom is 0.334 e. The average molecular weight is 306 g/mol. The molecular weight excluding hydrogens is 284 g/mol. The monoisotopic (exact) mass is 306 g/mol. The Morgan fingerprint density at radius 3 is 1.90 bits per heavy atom. The van der Waals surface area contributed by atoms with Gasteiger partial charge in [-0.1, -0.05) is 0 Å². The third kappa shape index (κ3) is 12.0. The van der Waals surface area contributed by atoms with Gasteiger partial charge in [0.1, 0.15) is 13.2 Å². The summed E-state index contributed by atoms with van der Waals surface area (Å²) < 4.78 is 19.4. The van der Waals surface area contributed by atoms with Crippen molar-refractivity contribution >= 4 is 11.9 Å². The topological polar surface area (TPSA) is 112 Å². The second-order valence-corrected chi connectivity index (χ2v) is 3.80. The predicted octanol–water partition coefficient (Wildman–Crippen LogP) is -0.963. The van der Waals surface area contributed by atoms with Crippen LogP contribution < -0.4 is 0 Å². The predicted molar refractivity (Wildman–Crippen MR) is 71.5 cm³/mol. The normalized spacial score (nSPS) is 11.3. The molecular formula is C13H22O8. The first-order chi connectivity index (χ1) is 10.1. The van der Waals surface area contributed by atoms with Gasteiger partial charge in [0.2, 0.25) is 0 Å². The first-order valence-corrected chi connectivity index (χ1v) is 6.51. The first-order valence-electron chi connectivity index (χ1n) is 6.51. The summed E-state index contributed by atoms with van der Waals surface area (Å²) in [5.41, 5.74) is 0.110. The van der Waals surface area contributed by atoms with Crippen LogP contribution in [0.5, 0.6) is 0 Å². The van der Waals surface area contributed by atoms with Crippen LogP contribution in [0.1, 0.15) is 6.92 Å². The summed E-state index contributed by atoms with van der Waals surface area (Å²) in [5.74, 6) is -1.32. The van der Waals surface area contributed by atoms with Crippen molar-refractivity contribution < 1.29 is 38.7 Å². The van der Waals surface area contributed by atoms with E-state index in [4.69, 9.17) is 29.2 Å². The lowest BCUT2D eigenvalue weighted by Gasteiger charge is -2.06. The zero-order chi connectivity index (χ0) is 15.9. The molecule has 0 rings (SSSR count). The van der Waals surface area contributed by atoms with Crippen molar-refractivity contribution in [1.82, 2.24) is 0 Å². The maximum atomic E-state index is 11.5. The van der Waals surface area contributed by atoms with Gasteiger partial charge in [0.25, 0.3) is 0 Å². The van der Waals surface area contributed by atoms with Crippen LogP contribution in [-0.2, 0) is 28.5 Å². The minimum absolute atomic E-state index is 0.0344. The highest BCUT2D eigenvalue weighted by Gasteiger charge is 2.08. The fraction of sp³-hybridized carbons (Fsp3) is 0.692. The van der Waals surface area contributed by atoms with E-state index in [0.29, 0.717) is 0 Å². The number of carbonyl (C=O) groups excluding carboxylic acids is 2. The Morgan fingerprint density at radius 2 is 1.38 bits per heavy atom. The van der Waals surface area contributed by atoms with Crippen LogP contribution in [0.25, 0.3) is 0 Å². The van der Waals surface area contributed by atoms with Crippen molar-refractivity contribution in [1.29, 1.82) is 0 Å². The van der Waals surface area contributed by atoms with Gasteiger partial charge in [-0.05, 0) is 6.92 Å². The fourth-order valence-corrected chi connectivity index (χ4v) is 1.12. The second-order valence-electron chi connectivity index (χ2n) is 3.80. The highest BCUT2D eigenvalue weighted by molar-refractivity contribution is 5.95. The quantitative estimate of drug-likeness (QED) is 0.269. The Kier molecular flexibility index (Phi) is 12.5. The van der Waals surface area contributed by atoms with Gasteiger partial charge in [-0.15, -0.1) is 0 Å². The van der Waals surface area contributed by atoms with Gasteiger partial charge in [-0.3, -0.25) is 0 Å². The largest absolute Gasteiger partial charge is 0.460 e. The lowest BCUT2D eigenvalue weighted by Crippen LogP contribution is -2.14. The van der Waals surface area contributed by atoms with Crippen LogP contribution in [0.2, 0.25) is 0 Å². The van der Waals surface area contributed by atoms with Crippen molar-refractivity contribution in [2.75, 3.05) is 52.9 Å². The molecule has 0 aliphatic heterocycles. The standard InChI is InChI=1S/C13H22O8/c1-11(13(17)21-9-7-19-5-3-15)10-12(16)20-8-6-18-4-2-14/h10,14-15H,2-9H2,1H3/b11-10-. The first kappa shape index (κ1) is 19.5. The Bertz CT molecular complexity index is 326. The smallest absolute Gasteiger partial charge is 0.334 e. The van der Waals surface area contributed by atoms with E-state index in [0.717, 1.165) is 6.08 Å². The Balaban J connectivity index is 3.81. The molecule has 0 fully saturated rings. The van der Waals surface area contributed by atoms with E-state index in [2.05, 4.69) is 0 Å². The number of hydrogen-bond acceptors (Lipinski definition) is 8. The summed E-state index contributed by atoms with van der Waals surface area (Å²) in [4.78, 5) is 22.8. The molecule has 0 bridgehead atoms. The maximum absolute atomic E-state index is 11.5. The van der Waals surface area contributed by atoms with Crippen molar-refractivity contribution in [3.05, 3.63) is 11.6 Å². The van der Waals surface area contributed by atoms with Crippen molar-refractivity contribution in [3.8, 4) is 0 Å². The third-order valence-corrected chi connectivity index (χ3v) is 2.06. The molecule has 0 atom stereocenters. The van der Waals surface area contributed by atoms with E-state index >= 15 is 0 Å². The van der Waals surface area contributed by atoms with Gasteiger partial charge in [0.05, 0.1) is 39.6 Å². The average Bonchev–Trinajstić information content (AvgIpc) is 2.46. The molecule has 2 N–H and O–H groups in total. The summed E-state index contributed by atoms with van der Waals surface area (Å²) >= 11 is 0. The van der Waals surface area contributed by atoms with Gasteiger partial charge in [0, 0.05) is 11.6 Å². The zero-order valence-electron chi connectivity index (χ0n) is 12.1. The van der Waals surface area contributed by atoms with Gasteiger partial charge in [0.15, 0.2) is 0 Å². The SMILES string of the molecule is C/C(=C/C(=O)OCCOCCO)C(=O)OCCOCCO. The zero-order valence-corrected chi connectivity index (χ0v) is 12.1. The fourth-order valence-electron chi connectivity index (χ4n) is 1.12. The molecule has 122 valence electrons. The number of hydrogen-bond donors (Lipinski definition) is 2. The second kappa shape index (κ2) is 13.5. The van der Waals surface area contributed by atoms with Crippen LogP contribution >= 0.6 is 0 Å². The molecule has 0 spiro atoms. The summed E-state index contributed by atoms with van der Waals surface area (Å²) in [6.45, 7) is 2.01. The van der Waals surface area contributed by atoms with Crippen LogP contribution in [0, 0.1) is 0 Å². The summed E-state index contributed by atoms with van der Waals surface area (Å²) in [7, 11) is 0. The van der Waals surface area contributed by atoms with Gasteiger partial charge < -0.3 is 29.2 Å². The molecule has 21 heavy (non-hydrogen) atoms. The molecule has 0 aromatic rings. The molecule has 0 aliphatic carbocycles. The Hall–Kier alpha value is -1.48. The summed E-state index contributed by atoms with van der Waals surface area (Å²) in [6, 6.07) is 0. The summed E-state index contributed by atoms with van der Waals surface area (Å²) in [5, 5.41) is 16.9. The molecule has 0 radical (unpaired) electrons. The number of carbonyl (C=O) groups is 2. The highest BCUT2D eigenvalue weighted by Crippen LogP contribution is 1.98. The van der Waals surface area contributed by atoms with E-state index in [1.807, 2.05) is 0 Å². The molecule has 8 heteroatoms. The minimum Gasteiger partial charge on any atom is -0.460 e. The molecule has 0 heterocycles. The lowest BCUT2D eigenvalue weighted by atomic mass is 10.3. The molecule has 0 aromatic carbocycles. The third-order valence-electron chi connectivity index (χ3n) is 2.06. The van der Waals surface area contributed by atoms with E-state index in [1.54, 1.807) is 0 Å². The van der Waals surface area contributed by atoms with E-state index in [1.165, 1.54) is 6.92 Å². The van der Waals surface area contributed by atoms with Crippen molar-refractivity contribution in [2.24, 2.45) is 0 Å². The van der Waals surface area contributed by atoms with Gasteiger partial charge in [-0.25, -0.2) is 9.59 Å². The van der Waals surface area contributed by atoms with Crippen molar-refractivity contribution in [2.45, 2.75) is 6.92 Å². The van der Waals surface area contributed by atoms with Crippen LogP contribution in [0.4, 0.5) is 0 Å². The van der Waals surface area contributed by atoms with E-state index in [-0.39, 0.29) is 58.4 Å². The Labute approximate surface area is 123 Å². The number of aliphatic hydroxyl groups excluding tert-OH is 2. The van der Waals surface area contributed by atoms with Crippen molar-refractivity contribution in [3.63, 3.8) is 0 Å². The molecule has 0 amide bonds. The molecule has 0 aliphatic rings. The van der Waals surface area contributed by atoms with Crippen LogP contribution in [0.15, 0.2) is 11.6 Å². The number of rotatable bonds is 12. The highest BCUT2D eigenvalue weighted by atomic mass is 16.6. The Morgan fingerprint density at radius 1 is 0.857 bits per heavy atom. The molecule has 0 saturated heterocycles. The van der Waals surface area contributed by atoms with Crippen LogP contribution in [-0.4, -0.2) is 75.0 Å². The lowest BCUT2D eigenvalue weighted by molar-refractivity contribution is -0.143. The minimum atomic E-state index is -0.673. The number of esters is 2. The van der Waals surface area contributed by atoms with E-state index in [9.17, 15) is 9.59 Å². The van der Waals surface area contributed by atoms with E-state index < -0.39 is 11.9 Å².